The van der Waals surface area contributed by atoms with Crippen LogP contribution in [0.5, 0.6) is 0 Å². The molecule has 3 N–H and O–H groups in total. The van der Waals surface area contributed by atoms with E-state index in [-0.39, 0.29) is 0 Å². The molecule has 1 aromatic carbocycles. The SMILES string of the molecule is CS(=O)(=O)c1ccc(F)c(S(=O)(=O)NCC(F)(F)CN)c1. The molecular weight excluding hydrogens is 333 g/mol. The van der Waals surface area contributed by atoms with E-state index >= 15 is 0 Å². The molecule has 0 atom stereocenters. The lowest BCUT2D eigenvalue weighted by Crippen LogP contribution is -2.41. The number of benzene rings is 1. The Morgan fingerprint density at radius 3 is 2.29 bits per heavy atom. The second-order valence-electron chi connectivity index (χ2n) is 4.25. The molecule has 21 heavy (non-hydrogen) atoms. The van der Waals surface area contributed by atoms with Crippen LogP contribution in [-0.4, -0.2) is 42.1 Å². The number of sulfone groups is 1. The fourth-order valence-corrected chi connectivity index (χ4v) is 3.16. The maximum atomic E-state index is 13.5. The van der Waals surface area contributed by atoms with Gasteiger partial charge in [0, 0.05) is 6.26 Å². The van der Waals surface area contributed by atoms with E-state index in [0.29, 0.717) is 12.1 Å². The molecule has 0 fully saturated rings. The van der Waals surface area contributed by atoms with Gasteiger partial charge in [-0.3, -0.25) is 0 Å². The fraction of sp³-hybridized carbons (Fsp3) is 0.400. The zero-order valence-electron chi connectivity index (χ0n) is 10.8. The van der Waals surface area contributed by atoms with Crippen LogP contribution < -0.4 is 10.5 Å². The predicted molar refractivity (Wildman–Crippen MR) is 68.7 cm³/mol. The highest BCUT2D eigenvalue weighted by Gasteiger charge is 2.30. The van der Waals surface area contributed by atoms with Crippen LogP contribution in [0, 0.1) is 5.82 Å². The number of nitrogens with two attached hydrogens (primary N) is 1. The van der Waals surface area contributed by atoms with Crippen LogP contribution in [0.15, 0.2) is 28.0 Å². The highest BCUT2D eigenvalue weighted by molar-refractivity contribution is 7.91. The largest absolute Gasteiger partial charge is 0.325 e. The maximum Gasteiger partial charge on any atom is 0.273 e. The van der Waals surface area contributed by atoms with Crippen molar-refractivity contribution in [3.05, 3.63) is 24.0 Å². The molecule has 0 unspecified atom stereocenters. The Kier molecular flexibility index (Phi) is 5.03. The third-order valence-electron chi connectivity index (χ3n) is 2.44. The van der Waals surface area contributed by atoms with Gasteiger partial charge in [0.25, 0.3) is 5.92 Å². The summed E-state index contributed by atoms with van der Waals surface area (Å²) in [4.78, 5) is -1.48. The summed E-state index contributed by atoms with van der Waals surface area (Å²) in [7, 11) is -8.42. The Hall–Kier alpha value is -1.17. The predicted octanol–water partition coefficient (Wildman–Crippen LogP) is 0.102. The Bertz CT molecular complexity index is 733. The van der Waals surface area contributed by atoms with Gasteiger partial charge in [0.2, 0.25) is 10.0 Å². The lowest BCUT2D eigenvalue weighted by atomic mass is 10.3. The van der Waals surface area contributed by atoms with Crippen molar-refractivity contribution < 1.29 is 30.0 Å². The molecule has 0 saturated carbocycles. The summed E-state index contributed by atoms with van der Waals surface area (Å²) in [5, 5.41) is 0. The maximum absolute atomic E-state index is 13.5. The van der Waals surface area contributed by atoms with Crippen molar-refractivity contribution in [1.29, 1.82) is 0 Å². The first-order chi connectivity index (χ1) is 9.39. The molecule has 0 radical (unpaired) electrons. The second kappa shape index (κ2) is 5.91. The summed E-state index contributed by atoms with van der Waals surface area (Å²) in [6.45, 7) is -2.42. The lowest BCUT2D eigenvalue weighted by Gasteiger charge is -2.15. The van der Waals surface area contributed by atoms with Gasteiger partial charge < -0.3 is 5.73 Å². The van der Waals surface area contributed by atoms with Gasteiger partial charge in [-0.25, -0.2) is 34.7 Å². The first-order valence-corrected chi connectivity index (χ1v) is 8.84. The number of hydrogen-bond acceptors (Lipinski definition) is 5. The lowest BCUT2D eigenvalue weighted by molar-refractivity contribution is 0.0170. The standard InChI is InChI=1S/C10H13F3N2O4S2/c1-20(16,17)7-2-3-8(11)9(4-7)21(18,19)15-6-10(12,13)5-14/h2-4,15H,5-6,14H2,1H3. The van der Waals surface area contributed by atoms with E-state index in [1.54, 1.807) is 0 Å². The topological polar surface area (TPSA) is 106 Å². The molecule has 1 rings (SSSR count). The van der Waals surface area contributed by atoms with Gasteiger partial charge in [0.1, 0.15) is 10.7 Å². The molecule has 1 aromatic rings. The Labute approximate surface area is 120 Å². The number of nitrogens with one attached hydrogen (secondary N) is 1. The number of halogens is 3. The third kappa shape index (κ3) is 4.66. The summed E-state index contributed by atoms with van der Waals surface area (Å²) in [5.41, 5.74) is 4.75. The summed E-state index contributed by atoms with van der Waals surface area (Å²) in [5.74, 6) is -4.76. The minimum absolute atomic E-state index is 0.449. The molecule has 0 aromatic heterocycles. The van der Waals surface area contributed by atoms with E-state index in [9.17, 15) is 30.0 Å². The summed E-state index contributed by atoms with van der Waals surface area (Å²) in [6, 6.07) is 2.07. The number of sulfonamides is 1. The van der Waals surface area contributed by atoms with Crippen molar-refractivity contribution in [2.75, 3.05) is 19.3 Å². The van der Waals surface area contributed by atoms with E-state index < -0.39 is 54.5 Å². The zero-order chi connectivity index (χ0) is 16.5. The molecule has 0 aliphatic rings. The van der Waals surface area contributed by atoms with Gasteiger partial charge in [0.15, 0.2) is 9.84 Å². The average Bonchev–Trinajstić information content (AvgIpc) is 2.35. The van der Waals surface area contributed by atoms with Gasteiger partial charge in [-0.1, -0.05) is 0 Å². The van der Waals surface area contributed by atoms with Gasteiger partial charge in [-0.2, -0.15) is 0 Å². The Morgan fingerprint density at radius 1 is 1.24 bits per heavy atom. The molecule has 0 aliphatic carbocycles. The Morgan fingerprint density at radius 2 is 1.81 bits per heavy atom. The molecule has 6 nitrogen and oxygen atoms in total. The first-order valence-electron chi connectivity index (χ1n) is 5.46. The fourth-order valence-electron chi connectivity index (χ4n) is 1.27. The highest BCUT2D eigenvalue weighted by Crippen LogP contribution is 2.20. The van der Waals surface area contributed by atoms with Crippen LogP contribution in [0.1, 0.15) is 0 Å². The van der Waals surface area contributed by atoms with Crippen molar-refractivity contribution in [3.8, 4) is 0 Å². The van der Waals surface area contributed by atoms with Crippen molar-refractivity contribution in [2.45, 2.75) is 15.7 Å². The van der Waals surface area contributed by atoms with E-state index in [4.69, 9.17) is 5.73 Å². The molecule has 0 heterocycles. The van der Waals surface area contributed by atoms with Crippen LogP contribution >= 0.6 is 0 Å². The third-order valence-corrected chi connectivity index (χ3v) is 4.97. The molecular formula is C10H13F3N2O4S2. The average molecular weight is 346 g/mol. The molecule has 11 heteroatoms. The van der Waals surface area contributed by atoms with Crippen molar-refractivity contribution in [1.82, 2.24) is 4.72 Å². The minimum atomic E-state index is -4.64. The quantitative estimate of drug-likeness (QED) is 0.711. The van der Waals surface area contributed by atoms with E-state index in [1.807, 2.05) is 0 Å². The van der Waals surface area contributed by atoms with Crippen molar-refractivity contribution in [3.63, 3.8) is 0 Å². The molecule has 0 aliphatic heterocycles. The summed E-state index contributed by atoms with van der Waals surface area (Å²) in [6.07, 6.45) is 0.798. The monoisotopic (exact) mass is 346 g/mol. The van der Waals surface area contributed by atoms with Crippen LogP contribution in [0.3, 0.4) is 0 Å². The number of alkyl halides is 2. The van der Waals surface area contributed by atoms with Crippen LogP contribution in [0.25, 0.3) is 0 Å². The summed E-state index contributed by atoms with van der Waals surface area (Å²) < 4.78 is 87.0. The van der Waals surface area contributed by atoms with Crippen LogP contribution in [0.2, 0.25) is 0 Å². The van der Waals surface area contributed by atoms with E-state index in [0.717, 1.165) is 12.3 Å². The molecule has 0 spiro atoms. The number of hydrogen-bond donors (Lipinski definition) is 2. The van der Waals surface area contributed by atoms with Gasteiger partial charge in [0.05, 0.1) is 18.0 Å². The van der Waals surface area contributed by atoms with Gasteiger partial charge in [-0.05, 0) is 18.2 Å². The molecule has 0 amide bonds. The van der Waals surface area contributed by atoms with Crippen molar-refractivity contribution in [2.24, 2.45) is 5.73 Å². The normalized spacial score (nSPS) is 13.4. The van der Waals surface area contributed by atoms with E-state index in [1.165, 1.54) is 4.72 Å². The molecule has 120 valence electrons. The summed E-state index contributed by atoms with van der Waals surface area (Å²) >= 11 is 0. The van der Waals surface area contributed by atoms with Gasteiger partial charge >= 0.3 is 0 Å². The second-order valence-corrected chi connectivity index (χ2v) is 8.00. The van der Waals surface area contributed by atoms with Gasteiger partial charge in [-0.15, -0.1) is 0 Å². The Balaban J connectivity index is 3.20. The minimum Gasteiger partial charge on any atom is -0.325 e. The highest BCUT2D eigenvalue weighted by atomic mass is 32.2. The van der Waals surface area contributed by atoms with E-state index in [2.05, 4.69) is 0 Å². The van der Waals surface area contributed by atoms with Crippen LogP contribution in [-0.2, 0) is 19.9 Å². The van der Waals surface area contributed by atoms with Crippen molar-refractivity contribution >= 4 is 19.9 Å². The molecule has 0 saturated heterocycles. The molecule has 0 bridgehead atoms. The number of rotatable bonds is 6. The smallest absolute Gasteiger partial charge is 0.273 e. The first kappa shape index (κ1) is 17.9. The zero-order valence-corrected chi connectivity index (χ0v) is 12.4. The van der Waals surface area contributed by atoms with Crippen LogP contribution in [0.4, 0.5) is 13.2 Å².